The van der Waals surface area contributed by atoms with E-state index in [2.05, 4.69) is 5.32 Å². The minimum atomic E-state index is -0.997. The molecule has 6 heteroatoms. The number of halogens is 2. The number of carbonyl (C=O) groups is 1. The van der Waals surface area contributed by atoms with E-state index in [9.17, 15) is 18.7 Å². The van der Waals surface area contributed by atoms with Crippen molar-refractivity contribution in [2.24, 2.45) is 0 Å². The number of para-hydroxylation sites is 1. The molecule has 0 aliphatic carbocycles. The van der Waals surface area contributed by atoms with Crippen molar-refractivity contribution in [1.29, 1.82) is 0 Å². The van der Waals surface area contributed by atoms with Crippen molar-refractivity contribution < 1.29 is 18.7 Å². The third-order valence-electron chi connectivity index (χ3n) is 4.63. The van der Waals surface area contributed by atoms with Crippen molar-refractivity contribution >= 4 is 23.0 Å². The van der Waals surface area contributed by atoms with Crippen LogP contribution in [0.2, 0.25) is 0 Å². The van der Waals surface area contributed by atoms with Crippen molar-refractivity contribution in [1.82, 2.24) is 0 Å². The SMILES string of the molecule is O=C(O)c1ccccc1Nc1ccc2c(c1)CN(c1ccc(F)c(F)c1)C2. The Labute approximate surface area is 154 Å². The van der Waals surface area contributed by atoms with Gasteiger partial charge >= 0.3 is 5.97 Å². The fourth-order valence-electron chi connectivity index (χ4n) is 3.27. The largest absolute Gasteiger partial charge is 0.478 e. The number of anilines is 3. The standard InChI is InChI=1S/C21H16F2N2O2/c22-18-8-7-16(10-19(18)23)25-11-13-5-6-15(9-14(13)12-25)24-20-4-2-1-3-17(20)21(26)27/h1-10,24H,11-12H2,(H,26,27). The van der Waals surface area contributed by atoms with E-state index in [1.54, 1.807) is 30.3 Å². The van der Waals surface area contributed by atoms with E-state index in [1.807, 2.05) is 23.1 Å². The van der Waals surface area contributed by atoms with E-state index >= 15 is 0 Å². The van der Waals surface area contributed by atoms with Crippen molar-refractivity contribution in [2.45, 2.75) is 13.1 Å². The molecule has 0 spiro atoms. The summed E-state index contributed by atoms with van der Waals surface area (Å²) >= 11 is 0. The molecule has 3 aromatic rings. The van der Waals surface area contributed by atoms with Crippen LogP contribution in [-0.2, 0) is 13.1 Å². The van der Waals surface area contributed by atoms with Gasteiger partial charge in [-0.1, -0.05) is 18.2 Å². The zero-order valence-electron chi connectivity index (χ0n) is 14.2. The molecular weight excluding hydrogens is 350 g/mol. The molecule has 27 heavy (non-hydrogen) atoms. The molecule has 0 fully saturated rings. The second-order valence-corrected chi connectivity index (χ2v) is 6.41. The maximum Gasteiger partial charge on any atom is 0.337 e. The Bertz CT molecular complexity index is 1040. The zero-order chi connectivity index (χ0) is 19.0. The number of carboxylic acid groups (broad SMARTS) is 1. The van der Waals surface area contributed by atoms with Crippen molar-refractivity contribution in [3.63, 3.8) is 0 Å². The van der Waals surface area contributed by atoms with Crippen LogP contribution in [0.25, 0.3) is 0 Å². The number of carboxylic acids is 1. The van der Waals surface area contributed by atoms with Gasteiger partial charge in [0.25, 0.3) is 0 Å². The lowest BCUT2D eigenvalue weighted by Crippen LogP contribution is -2.14. The molecule has 4 nitrogen and oxygen atoms in total. The summed E-state index contributed by atoms with van der Waals surface area (Å²) < 4.78 is 26.7. The lowest BCUT2D eigenvalue weighted by molar-refractivity contribution is 0.0698. The van der Waals surface area contributed by atoms with Crippen LogP contribution < -0.4 is 10.2 Å². The van der Waals surface area contributed by atoms with Gasteiger partial charge in [0, 0.05) is 30.5 Å². The minimum Gasteiger partial charge on any atom is -0.478 e. The number of benzene rings is 3. The second kappa shape index (κ2) is 6.72. The molecule has 0 amide bonds. The smallest absolute Gasteiger partial charge is 0.337 e. The molecule has 0 saturated carbocycles. The summed E-state index contributed by atoms with van der Waals surface area (Å²) in [6.07, 6.45) is 0. The highest BCUT2D eigenvalue weighted by atomic mass is 19.2. The summed E-state index contributed by atoms with van der Waals surface area (Å²) in [6.45, 7) is 1.17. The summed E-state index contributed by atoms with van der Waals surface area (Å²) in [6, 6.07) is 16.4. The van der Waals surface area contributed by atoms with Crippen molar-refractivity contribution in [3.8, 4) is 0 Å². The number of nitrogens with zero attached hydrogens (tertiary/aromatic N) is 1. The first-order valence-electron chi connectivity index (χ1n) is 8.42. The summed E-state index contributed by atoms with van der Waals surface area (Å²) in [5.74, 6) is -2.72. The number of rotatable bonds is 4. The lowest BCUT2D eigenvalue weighted by Gasteiger charge is -2.17. The van der Waals surface area contributed by atoms with Gasteiger partial charge in [0.1, 0.15) is 0 Å². The molecule has 136 valence electrons. The molecule has 0 saturated heterocycles. The van der Waals surface area contributed by atoms with Gasteiger partial charge in [-0.2, -0.15) is 0 Å². The number of hydrogen-bond donors (Lipinski definition) is 2. The van der Waals surface area contributed by atoms with Crippen LogP contribution in [0.15, 0.2) is 60.7 Å². The first-order chi connectivity index (χ1) is 13.0. The van der Waals surface area contributed by atoms with Crippen molar-refractivity contribution in [2.75, 3.05) is 10.2 Å². The Morgan fingerprint density at radius 2 is 1.70 bits per heavy atom. The first kappa shape index (κ1) is 17.0. The summed E-state index contributed by atoms with van der Waals surface area (Å²) in [4.78, 5) is 13.3. The molecule has 1 heterocycles. The maximum absolute atomic E-state index is 13.5. The van der Waals surface area contributed by atoms with Crippen molar-refractivity contribution in [3.05, 3.63) is 89.0 Å². The van der Waals surface area contributed by atoms with Crippen LogP contribution in [-0.4, -0.2) is 11.1 Å². The van der Waals surface area contributed by atoms with Gasteiger partial charge in [0.15, 0.2) is 11.6 Å². The Balaban J connectivity index is 1.57. The van der Waals surface area contributed by atoms with Crippen LogP contribution in [0, 0.1) is 11.6 Å². The molecule has 0 atom stereocenters. The molecular formula is C21H16F2N2O2. The van der Waals surface area contributed by atoms with Gasteiger partial charge in [-0.05, 0) is 47.5 Å². The molecule has 4 rings (SSSR count). The number of hydrogen-bond acceptors (Lipinski definition) is 3. The van der Waals surface area contributed by atoms with E-state index in [0.29, 0.717) is 24.5 Å². The monoisotopic (exact) mass is 366 g/mol. The van der Waals surface area contributed by atoms with Gasteiger partial charge in [-0.3, -0.25) is 0 Å². The number of aromatic carboxylic acids is 1. The zero-order valence-corrected chi connectivity index (χ0v) is 14.2. The first-order valence-corrected chi connectivity index (χ1v) is 8.42. The molecule has 1 aliphatic rings. The highest BCUT2D eigenvalue weighted by molar-refractivity contribution is 5.95. The molecule has 0 unspecified atom stereocenters. The highest BCUT2D eigenvalue weighted by Crippen LogP contribution is 2.32. The molecule has 2 N–H and O–H groups in total. The van der Waals surface area contributed by atoms with Crippen LogP contribution >= 0.6 is 0 Å². The van der Waals surface area contributed by atoms with Crippen LogP contribution in [0.1, 0.15) is 21.5 Å². The van der Waals surface area contributed by atoms with Crippen LogP contribution in [0.4, 0.5) is 25.8 Å². The van der Waals surface area contributed by atoms with Crippen LogP contribution in [0.3, 0.4) is 0 Å². The van der Waals surface area contributed by atoms with Gasteiger partial charge in [0.05, 0.1) is 11.3 Å². The van der Waals surface area contributed by atoms with E-state index in [4.69, 9.17) is 0 Å². The normalized spacial score (nSPS) is 12.7. The summed E-state index contributed by atoms with van der Waals surface area (Å²) in [5.41, 5.74) is 4.25. The lowest BCUT2D eigenvalue weighted by atomic mass is 10.1. The quantitative estimate of drug-likeness (QED) is 0.688. The second-order valence-electron chi connectivity index (χ2n) is 6.41. The Morgan fingerprint density at radius 3 is 2.48 bits per heavy atom. The summed E-state index contributed by atoms with van der Waals surface area (Å²) in [5, 5.41) is 12.4. The Morgan fingerprint density at radius 1 is 0.926 bits per heavy atom. The number of nitrogens with one attached hydrogen (secondary N) is 1. The highest BCUT2D eigenvalue weighted by Gasteiger charge is 2.21. The minimum absolute atomic E-state index is 0.196. The average molecular weight is 366 g/mol. The third kappa shape index (κ3) is 3.33. The summed E-state index contributed by atoms with van der Waals surface area (Å²) in [7, 11) is 0. The Hall–Kier alpha value is -3.41. The average Bonchev–Trinajstić information content (AvgIpc) is 3.07. The molecule has 0 bridgehead atoms. The topological polar surface area (TPSA) is 52.6 Å². The van der Waals surface area contributed by atoms with E-state index in [0.717, 1.165) is 22.9 Å². The number of fused-ring (bicyclic) bond motifs is 1. The third-order valence-corrected chi connectivity index (χ3v) is 4.63. The maximum atomic E-state index is 13.5. The van der Waals surface area contributed by atoms with Crippen LogP contribution in [0.5, 0.6) is 0 Å². The molecule has 1 aliphatic heterocycles. The van der Waals surface area contributed by atoms with Gasteiger partial charge < -0.3 is 15.3 Å². The fraction of sp³-hybridized carbons (Fsp3) is 0.0952. The Kier molecular flexibility index (Phi) is 4.24. The molecule has 0 radical (unpaired) electrons. The van der Waals surface area contributed by atoms with E-state index in [-0.39, 0.29) is 5.56 Å². The molecule has 3 aromatic carbocycles. The molecule has 0 aromatic heterocycles. The van der Waals surface area contributed by atoms with Gasteiger partial charge in [-0.25, -0.2) is 13.6 Å². The fourth-order valence-corrected chi connectivity index (χ4v) is 3.27. The van der Waals surface area contributed by atoms with E-state index in [1.165, 1.54) is 6.07 Å². The predicted octanol–water partition coefficient (Wildman–Crippen LogP) is 4.93. The van der Waals surface area contributed by atoms with E-state index < -0.39 is 17.6 Å². The predicted molar refractivity (Wildman–Crippen MR) is 99.4 cm³/mol. The van der Waals surface area contributed by atoms with Gasteiger partial charge in [-0.15, -0.1) is 0 Å². The van der Waals surface area contributed by atoms with Gasteiger partial charge in [0.2, 0.25) is 0 Å².